The zero-order chi connectivity index (χ0) is 17.6. The van der Waals surface area contributed by atoms with Gasteiger partial charge in [-0.2, -0.15) is 4.98 Å². The number of nitrogens with zero attached hydrogens (tertiary/aromatic N) is 2. The molecule has 124 valence electrons. The highest BCUT2D eigenvalue weighted by atomic mass is 35.5. The third-order valence-electron chi connectivity index (χ3n) is 3.56. The average Bonchev–Trinajstić information content (AvgIpc) is 3.23. The molecule has 0 radical (unpaired) electrons. The highest BCUT2D eigenvalue weighted by Crippen LogP contribution is 2.25. The van der Waals surface area contributed by atoms with E-state index >= 15 is 0 Å². The first-order valence-electron chi connectivity index (χ1n) is 7.14. The maximum Gasteiger partial charge on any atom is 0.499 e. The van der Waals surface area contributed by atoms with Gasteiger partial charge in [-0.1, -0.05) is 22.8 Å². The predicted molar refractivity (Wildman–Crippen MR) is 96.0 cm³/mol. The molecular formula is C15H9BClN3O4S. The Morgan fingerprint density at radius 3 is 2.80 bits per heavy atom. The second-order valence-electron chi connectivity index (χ2n) is 5.24. The molecule has 3 N–H and O–H groups in total. The Kier molecular flexibility index (Phi) is 3.93. The highest BCUT2D eigenvalue weighted by Gasteiger charge is 2.19. The quantitative estimate of drug-likeness (QED) is 0.471. The van der Waals surface area contributed by atoms with E-state index in [0.717, 1.165) is 16.7 Å². The van der Waals surface area contributed by atoms with Crippen LogP contribution < -0.4 is 10.3 Å². The zero-order valence-electron chi connectivity index (χ0n) is 12.4. The van der Waals surface area contributed by atoms with Gasteiger partial charge >= 0.3 is 7.12 Å². The van der Waals surface area contributed by atoms with Crippen LogP contribution in [0.25, 0.3) is 33.1 Å². The van der Waals surface area contributed by atoms with E-state index in [4.69, 9.17) is 16.1 Å². The van der Waals surface area contributed by atoms with Crippen molar-refractivity contribution in [3.05, 3.63) is 51.8 Å². The fourth-order valence-corrected chi connectivity index (χ4v) is 3.37. The second kappa shape index (κ2) is 6.12. The highest BCUT2D eigenvalue weighted by molar-refractivity contribution is 7.24. The summed E-state index contributed by atoms with van der Waals surface area (Å²) in [4.78, 5) is 19.9. The molecule has 0 bridgehead atoms. The maximum atomic E-state index is 12.3. The Balaban J connectivity index is 1.77. The molecule has 3 heterocycles. The minimum atomic E-state index is -1.56. The van der Waals surface area contributed by atoms with Crippen LogP contribution in [0.15, 0.2) is 45.7 Å². The number of pyridine rings is 1. The molecule has 0 aliphatic rings. The smallest absolute Gasteiger partial charge is 0.423 e. The molecule has 3 aromatic heterocycles. The number of fused-ring (bicyclic) bond motifs is 1. The topological polar surface area (TPSA) is 112 Å². The van der Waals surface area contributed by atoms with Crippen LogP contribution in [0.5, 0.6) is 0 Å². The first-order valence-corrected chi connectivity index (χ1v) is 8.33. The lowest BCUT2D eigenvalue weighted by Crippen LogP contribution is -2.26. The van der Waals surface area contributed by atoms with Gasteiger partial charge in [0.15, 0.2) is 0 Å². The number of H-pyrrole nitrogens is 1. The molecule has 0 saturated heterocycles. The Labute approximate surface area is 149 Å². The van der Waals surface area contributed by atoms with Gasteiger partial charge in [-0.3, -0.25) is 4.79 Å². The summed E-state index contributed by atoms with van der Waals surface area (Å²) in [5.41, 5.74) is 0.521. The van der Waals surface area contributed by atoms with Crippen LogP contribution in [0.1, 0.15) is 0 Å². The lowest BCUT2D eigenvalue weighted by Gasteiger charge is -2.00. The molecule has 0 aliphatic carbocycles. The largest absolute Gasteiger partial charge is 0.499 e. The van der Waals surface area contributed by atoms with Crippen molar-refractivity contribution in [2.24, 2.45) is 0 Å². The standard InChI is InChI=1S/C15H9BClN3O4S/c17-8-1-2-10-7(5-8)6-9(14(21)18-10)15-19-13(20-24-15)11-3-4-12(25-11)16(22)23/h1-6,22-23H,(H,18,21). The van der Waals surface area contributed by atoms with Crippen LogP contribution >= 0.6 is 22.9 Å². The van der Waals surface area contributed by atoms with Gasteiger partial charge in [-0.15, -0.1) is 11.3 Å². The molecule has 7 nitrogen and oxygen atoms in total. The summed E-state index contributed by atoms with van der Waals surface area (Å²) in [6.07, 6.45) is 0. The fraction of sp³-hybridized carbons (Fsp3) is 0. The van der Waals surface area contributed by atoms with Gasteiger partial charge in [-0.05, 0) is 30.3 Å². The minimum absolute atomic E-state index is 0.0672. The molecule has 0 amide bonds. The molecule has 0 unspecified atom stereocenters. The van der Waals surface area contributed by atoms with Crippen molar-refractivity contribution in [3.8, 4) is 22.2 Å². The van der Waals surface area contributed by atoms with Crippen LogP contribution in [0.3, 0.4) is 0 Å². The van der Waals surface area contributed by atoms with E-state index in [2.05, 4.69) is 15.1 Å². The van der Waals surface area contributed by atoms with E-state index in [0.29, 0.717) is 20.2 Å². The van der Waals surface area contributed by atoms with Crippen molar-refractivity contribution in [1.82, 2.24) is 15.1 Å². The molecule has 0 fully saturated rings. The molecule has 10 heteroatoms. The Morgan fingerprint density at radius 1 is 1.20 bits per heavy atom. The minimum Gasteiger partial charge on any atom is -0.423 e. The number of halogens is 1. The van der Waals surface area contributed by atoms with Crippen molar-refractivity contribution in [2.45, 2.75) is 0 Å². The molecule has 4 rings (SSSR count). The maximum absolute atomic E-state index is 12.3. The lowest BCUT2D eigenvalue weighted by molar-refractivity contribution is 0.427. The van der Waals surface area contributed by atoms with Crippen molar-refractivity contribution >= 4 is 45.7 Å². The molecular weight excluding hydrogens is 365 g/mol. The van der Waals surface area contributed by atoms with Crippen LogP contribution in [0.2, 0.25) is 5.02 Å². The van der Waals surface area contributed by atoms with E-state index in [1.54, 1.807) is 36.4 Å². The third kappa shape index (κ3) is 2.98. The molecule has 0 spiro atoms. The van der Waals surface area contributed by atoms with E-state index in [1.807, 2.05) is 0 Å². The summed E-state index contributed by atoms with van der Waals surface area (Å²) in [5.74, 6) is 0.329. The molecule has 0 saturated carbocycles. The lowest BCUT2D eigenvalue weighted by atomic mass is 9.90. The van der Waals surface area contributed by atoms with Gasteiger partial charge in [0.1, 0.15) is 5.56 Å². The monoisotopic (exact) mass is 373 g/mol. The summed E-state index contributed by atoms with van der Waals surface area (Å²) in [6, 6.07) is 9.98. The molecule has 0 aliphatic heterocycles. The van der Waals surface area contributed by atoms with Crippen LogP contribution in [-0.4, -0.2) is 32.3 Å². The molecule has 25 heavy (non-hydrogen) atoms. The zero-order valence-corrected chi connectivity index (χ0v) is 14.0. The molecule has 1 aromatic carbocycles. The number of hydrogen-bond donors (Lipinski definition) is 3. The van der Waals surface area contributed by atoms with Gasteiger partial charge in [0.2, 0.25) is 5.82 Å². The third-order valence-corrected chi connectivity index (χ3v) is 4.92. The van der Waals surface area contributed by atoms with Gasteiger partial charge in [-0.25, -0.2) is 0 Å². The first kappa shape index (κ1) is 16.0. The SMILES string of the molecule is O=c1[nH]c2ccc(Cl)cc2cc1-c1nc(-c2ccc(B(O)O)s2)no1. The summed E-state index contributed by atoms with van der Waals surface area (Å²) >= 11 is 7.11. The van der Waals surface area contributed by atoms with E-state index in [-0.39, 0.29) is 22.8 Å². The number of hydrogen-bond acceptors (Lipinski definition) is 7. The van der Waals surface area contributed by atoms with Crippen LogP contribution in [0.4, 0.5) is 0 Å². The Bertz CT molecular complexity index is 1140. The summed E-state index contributed by atoms with van der Waals surface area (Å²) in [6.45, 7) is 0. The second-order valence-corrected chi connectivity index (χ2v) is 6.79. The molecule has 0 atom stereocenters. The van der Waals surface area contributed by atoms with Gasteiger partial charge in [0, 0.05) is 20.7 Å². The van der Waals surface area contributed by atoms with Gasteiger partial charge in [0.05, 0.1) is 4.88 Å². The number of nitrogens with one attached hydrogen (secondary N) is 1. The fourth-order valence-electron chi connectivity index (χ4n) is 2.38. The van der Waals surface area contributed by atoms with Crippen molar-refractivity contribution in [1.29, 1.82) is 0 Å². The van der Waals surface area contributed by atoms with Crippen molar-refractivity contribution < 1.29 is 14.6 Å². The Hall–Kier alpha value is -2.46. The van der Waals surface area contributed by atoms with Crippen LogP contribution in [-0.2, 0) is 0 Å². The predicted octanol–water partition coefficient (Wildman–Crippen LogP) is 1.64. The average molecular weight is 374 g/mol. The van der Waals surface area contributed by atoms with E-state index < -0.39 is 7.12 Å². The molecule has 4 aromatic rings. The summed E-state index contributed by atoms with van der Waals surface area (Å²) < 4.78 is 5.56. The number of thiophene rings is 1. The number of aromatic nitrogens is 3. The number of benzene rings is 1. The normalized spacial score (nSPS) is 11.2. The summed E-state index contributed by atoms with van der Waals surface area (Å²) in [7, 11) is -1.56. The van der Waals surface area contributed by atoms with Crippen molar-refractivity contribution in [2.75, 3.05) is 0 Å². The van der Waals surface area contributed by atoms with Crippen molar-refractivity contribution in [3.63, 3.8) is 0 Å². The Morgan fingerprint density at radius 2 is 2.04 bits per heavy atom. The van der Waals surface area contributed by atoms with E-state index in [9.17, 15) is 14.8 Å². The number of aromatic amines is 1. The van der Waals surface area contributed by atoms with Crippen LogP contribution in [0, 0.1) is 0 Å². The first-order chi connectivity index (χ1) is 12.0. The number of rotatable bonds is 3. The van der Waals surface area contributed by atoms with E-state index in [1.165, 1.54) is 0 Å². The van der Waals surface area contributed by atoms with Gasteiger partial charge < -0.3 is 19.6 Å². The summed E-state index contributed by atoms with van der Waals surface area (Å²) in [5, 5.41) is 23.5. The van der Waals surface area contributed by atoms with Gasteiger partial charge in [0.25, 0.3) is 11.4 Å².